The van der Waals surface area contributed by atoms with Crippen LogP contribution in [0.15, 0.2) is 0 Å². The molecular weight excluding hydrogens is 167 g/mol. The van der Waals surface area contributed by atoms with Crippen LogP contribution in [0.5, 0.6) is 0 Å². The van der Waals surface area contributed by atoms with E-state index in [1.807, 2.05) is 0 Å². The van der Waals surface area contributed by atoms with E-state index in [2.05, 4.69) is 5.43 Å². The normalized spacial score (nSPS) is 16.8. The first kappa shape index (κ1) is 11.1. The van der Waals surface area contributed by atoms with Crippen molar-refractivity contribution in [3.63, 3.8) is 0 Å². The standard InChI is InChI=1S/C5H15N2O3P/c1-5(2)11(8,9)4-10-3-7-6/h5,7H,3-4,6H2,1-2H3,(H,8,9). The summed E-state index contributed by atoms with van der Waals surface area (Å²) in [7, 11) is -3.11. The minimum atomic E-state index is -3.11. The first-order chi connectivity index (χ1) is 5.00. The van der Waals surface area contributed by atoms with Crippen molar-refractivity contribution in [3.8, 4) is 0 Å². The Morgan fingerprint density at radius 2 is 2.27 bits per heavy atom. The van der Waals surface area contributed by atoms with Gasteiger partial charge in [-0.15, -0.1) is 0 Å². The summed E-state index contributed by atoms with van der Waals surface area (Å²) >= 11 is 0. The zero-order chi connectivity index (χ0) is 8.91. The quantitative estimate of drug-likeness (QED) is 0.184. The van der Waals surface area contributed by atoms with Gasteiger partial charge < -0.3 is 9.63 Å². The third kappa shape index (κ3) is 4.50. The lowest BCUT2D eigenvalue weighted by molar-refractivity contribution is 0.148. The molecule has 0 saturated carbocycles. The maximum Gasteiger partial charge on any atom is 0.227 e. The Labute approximate surface area is 66.3 Å². The zero-order valence-electron chi connectivity index (χ0n) is 6.78. The predicted molar refractivity (Wildman–Crippen MR) is 43.1 cm³/mol. The summed E-state index contributed by atoms with van der Waals surface area (Å²) in [4.78, 5) is 9.18. The highest BCUT2D eigenvalue weighted by Gasteiger charge is 2.22. The van der Waals surface area contributed by atoms with Crippen LogP contribution in [0, 0.1) is 0 Å². The van der Waals surface area contributed by atoms with Crippen LogP contribution in [-0.4, -0.2) is 23.6 Å². The molecular formula is C5H15N2O3P. The van der Waals surface area contributed by atoms with Crippen molar-refractivity contribution >= 4 is 7.37 Å². The van der Waals surface area contributed by atoms with Gasteiger partial charge in [0.05, 0.1) is 0 Å². The fourth-order valence-corrected chi connectivity index (χ4v) is 1.04. The molecule has 0 aliphatic rings. The van der Waals surface area contributed by atoms with E-state index in [0.29, 0.717) is 0 Å². The smallest absolute Gasteiger partial charge is 0.227 e. The summed E-state index contributed by atoms with van der Waals surface area (Å²) in [6.45, 7) is 3.46. The van der Waals surface area contributed by atoms with Crippen molar-refractivity contribution in [2.24, 2.45) is 5.84 Å². The number of ether oxygens (including phenoxy) is 1. The Bertz CT molecular complexity index is 151. The zero-order valence-corrected chi connectivity index (χ0v) is 7.67. The molecule has 11 heavy (non-hydrogen) atoms. The van der Waals surface area contributed by atoms with E-state index < -0.39 is 7.37 Å². The van der Waals surface area contributed by atoms with Crippen molar-refractivity contribution in [1.82, 2.24) is 5.43 Å². The number of nitrogens with two attached hydrogens (primary N) is 1. The van der Waals surface area contributed by atoms with Crippen molar-refractivity contribution in [2.45, 2.75) is 19.5 Å². The first-order valence-electron chi connectivity index (χ1n) is 3.33. The van der Waals surface area contributed by atoms with Gasteiger partial charge in [-0.3, -0.25) is 10.4 Å². The second kappa shape index (κ2) is 4.85. The van der Waals surface area contributed by atoms with Crippen LogP contribution in [0.1, 0.15) is 13.8 Å². The molecule has 0 fully saturated rings. The summed E-state index contributed by atoms with van der Waals surface area (Å²) in [5.41, 5.74) is 1.96. The Balaban J connectivity index is 3.65. The number of rotatable bonds is 5. The summed E-state index contributed by atoms with van der Waals surface area (Å²) < 4.78 is 15.9. The van der Waals surface area contributed by atoms with Gasteiger partial charge in [0, 0.05) is 5.66 Å². The second-order valence-corrected chi connectivity index (χ2v) is 5.33. The largest absolute Gasteiger partial charge is 0.355 e. The van der Waals surface area contributed by atoms with Crippen LogP contribution in [0.3, 0.4) is 0 Å². The summed E-state index contributed by atoms with van der Waals surface area (Å²) in [5.74, 6) is 4.89. The van der Waals surface area contributed by atoms with Crippen molar-refractivity contribution in [3.05, 3.63) is 0 Å². The molecule has 0 heterocycles. The minimum absolute atomic E-state index is 0.0945. The van der Waals surface area contributed by atoms with E-state index in [-0.39, 0.29) is 18.7 Å². The van der Waals surface area contributed by atoms with E-state index >= 15 is 0 Å². The van der Waals surface area contributed by atoms with E-state index in [1.165, 1.54) is 0 Å². The molecule has 68 valence electrons. The lowest BCUT2D eigenvalue weighted by Crippen LogP contribution is -2.25. The molecule has 0 rings (SSSR count). The summed E-state index contributed by atoms with van der Waals surface area (Å²) in [6, 6.07) is 0. The SMILES string of the molecule is CC(C)P(=O)(O)COCNN. The highest BCUT2D eigenvalue weighted by Crippen LogP contribution is 2.45. The lowest BCUT2D eigenvalue weighted by atomic mass is 10.6. The molecule has 0 aromatic carbocycles. The van der Waals surface area contributed by atoms with Crippen LogP contribution in [0.25, 0.3) is 0 Å². The molecule has 6 heteroatoms. The molecule has 4 N–H and O–H groups in total. The van der Waals surface area contributed by atoms with Crippen LogP contribution >= 0.6 is 7.37 Å². The van der Waals surface area contributed by atoms with Crippen LogP contribution in [0.2, 0.25) is 0 Å². The Hall–Kier alpha value is 0.0700. The molecule has 0 saturated heterocycles. The Morgan fingerprint density at radius 3 is 2.64 bits per heavy atom. The summed E-state index contributed by atoms with van der Waals surface area (Å²) in [5, 5.41) is 0. The van der Waals surface area contributed by atoms with Gasteiger partial charge in [0.25, 0.3) is 0 Å². The average Bonchev–Trinajstić information content (AvgIpc) is 1.88. The number of hydrogen-bond donors (Lipinski definition) is 3. The number of hydrazine groups is 1. The number of nitrogens with one attached hydrogen (secondary N) is 1. The van der Waals surface area contributed by atoms with Crippen LogP contribution in [0.4, 0.5) is 0 Å². The number of hydrogen-bond acceptors (Lipinski definition) is 4. The topological polar surface area (TPSA) is 84.6 Å². The predicted octanol–water partition coefficient (Wildman–Crippen LogP) is 0.0601. The maximum absolute atomic E-state index is 11.2. The van der Waals surface area contributed by atoms with Gasteiger partial charge in [-0.25, -0.2) is 5.43 Å². The lowest BCUT2D eigenvalue weighted by Gasteiger charge is -2.14. The van der Waals surface area contributed by atoms with Crippen molar-refractivity contribution in [2.75, 3.05) is 13.1 Å². The third-order valence-electron chi connectivity index (χ3n) is 1.27. The molecule has 0 aromatic rings. The van der Waals surface area contributed by atoms with Gasteiger partial charge in [-0.1, -0.05) is 13.8 Å². The fraction of sp³-hybridized carbons (Fsp3) is 1.00. The Morgan fingerprint density at radius 1 is 1.73 bits per heavy atom. The van der Waals surface area contributed by atoms with Crippen LogP contribution < -0.4 is 11.3 Å². The highest BCUT2D eigenvalue weighted by molar-refractivity contribution is 7.58. The third-order valence-corrected chi connectivity index (χ3v) is 3.43. The fourth-order valence-electron chi connectivity index (χ4n) is 0.384. The van der Waals surface area contributed by atoms with Gasteiger partial charge in [0.2, 0.25) is 7.37 Å². The minimum Gasteiger partial charge on any atom is -0.355 e. The molecule has 0 bridgehead atoms. The molecule has 0 spiro atoms. The molecule has 1 unspecified atom stereocenters. The molecule has 0 radical (unpaired) electrons. The average molecular weight is 182 g/mol. The molecule has 0 aliphatic carbocycles. The van der Waals surface area contributed by atoms with E-state index in [1.54, 1.807) is 13.8 Å². The monoisotopic (exact) mass is 182 g/mol. The first-order valence-corrected chi connectivity index (χ1v) is 5.25. The maximum atomic E-state index is 11.2. The van der Waals surface area contributed by atoms with Crippen LogP contribution in [-0.2, 0) is 9.30 Å². The molecule has 0 amide bonds. The molecule has 1 atom stereocenters. The van der Waals surface area contributed by atoms with E-state index in [0.717, 1.165) is 0 Å². The molecule has 5 nitrogen and oxygen atoms in total. The van der Waals surface area contributed by atoms with E-state index in [4.69, 9.17) is 10.6 Å². The van der Waals surface area contributed by atoms with Gasteiger partial charge in [0.15, 0.2) is 0 Å². The van der Waals surface area contributed by atoms with Gasteiger partial charge in [-0.05, 0) is 0 Å². The van der Waals surface area contributed by atoms with Crippen molar-refractivity contribution < 1.29 is 14.2 Å². The Kier molecular flexibility index (Phi) is 4.88. The molecule has 0 aliphatic heterocycles. The molecule has 0 aromatic heterocycles. The van der Waals surface area contributed by atoms with E-state index in [9.17, 15) is 9.46 Å². The van der Waals surface area contributed by atoms with Gasteiger partial charge in [-0.2, -0.15) is 0 Å². The second-order valence-electron chi connectivity index (χ2n) is 2.53. The highest BCUT2D eigenvalue weighted by atomic mass is 31.2. The van der Waals surface area contributed by atoms with Gasteiger partial charge >= 0.3 is 0 Å². The van der Waals surface area contributed by atoms with Crippen molar-refractivity contribution in [1.29, 1.82) is 0 Å². The summed E-state index contributed by atoms with van der Waals surface area (Å²) in [6.07, 6.45) is -0.144. The van der Waals surface area contributed by atoms with Gasteiger partial charge in [0.1, 0.15) is 13.1 Å².